The Labute approximate surface area is 641 Å². The third kappa shape index (κ3) is 175. The van der Waals surface area contributed by atoms with Crippen molar-refractivity contribution in [2.75, 3.05) is 39.8 Å². The summed E-state index contributed by atoms with van der Waals surface area (Å²) in [5.74, 6) is 0. The average molecular weight is 1440 g/mol. The van der Waals surface area contributed by atoms with E-state index in [1.165, 1.54) is 44.9 Å². The van der Waals surface area contributed by atoms with Gasteiger partial charge in [0.2, 0.25) is 0 Å². The second-order valence-corrected chi connectivity index (χ2v) is 47.8. The quantitative estimate of drug-likeness (QED) is 0.0644. The van der Waals surface area contributed by atoms with E-state index in [2.05, 4.69) is 325 Å². The van der Waals surface area contributed by atoms with Crippen molar-refractivity contribution in [3.05, 3.63) is 24.4 Å². The van der Waals surface area contributed by atoms with Crippen LogP contribution in [0.15, 0.2) is 29.4 Å². The van der Waals surface area contributed by atoms with Crippen LogP contribution in [0.1, 0.15) is 432 Å². The zero-order valence-corrected chi connectivity index (χ0v) is 80.4. The van der Waals surface area contributed by atoms with Crippen molar-refractivity contribution in [3.63, 3.8) is 0 Å². The maximum atomic E-state index is 5.62. The minimum Gasteiger partial charge on any atom is -0.387 e. The maximum absolute atomic E-state index is 5.62. The van der Waals surface area contributed by atoms with Crippen LogP contribution in [0, 0.1) is 48.7 Å². The van der Waals surface area contributed by atoms with Crippen LogP contribution in [0.25, 0.3) is 0 Å². The molecule has 0 rings (SSSR count). The van der Waals surface area contributed by atoms with Crippen molar-refractivity contribution < 1.29 is 28.4 Å². The van der Waals surface area contributed by atoms with E-state index in [1.54, 1.807) is 0 Å². The number of nitrogens with one attached hydrogen (secondary N) is 2. The average Bonchev–Trinajstić information content (AvgIpc) is 1.19. The fourth-order valence-corrected chi connectivity index (χ4v) is 6.59. The second-order valence-electron chi connectivity index (χ2n) is 47.8. The van der Waals surface area contributed by atoms with Gasteiger partial charge >= 0.3 is 0 Å². The van der Waals surface area contributed by atoms with Crippen LogP contribution >= 0.6 is 0 Å². The molecule has 0 aromatic carbocycles. The predicted molar refractivity (Wildman–Crippen MR) is 463 cm³/mol. The molecule has 0 aliphatic carbocycles. The zero-order chi connectivity index (χ0) is 83.5. The van der Waals surface area contributed by atoms with E-state index in [0.29, 0.717) is 63.3 Å². The van der Waals surface area contributed by atoms with E-state index in [-0.39, 0.29) is 55.6 Å². The van der Waals surface area contributed by atoms with E-state index in [9.17, 15) is 0 Å². The van der Waals surface area contributed by atoms with Gasteiger partial charge in [0.25, 0.3) is 0 Å². The molecule has 9 nitrogen and oxygen atoms in total. The first-order valence-corrected chi connectivity index (χ1v) is 39.6. The summed E-state index contributed by atoms with van der Waals surface area (Å²) in [4.78, 5) is 4.42. The highest BCUT2D eigenvalue weighted by atomic mass is 16.7. The summed E-state index contributed by atoms with van der Waals surface area (Å²) in [5, 5.41) is 6.78. The highest BCUT2D eigenvalue weighted by Gasteiger charge is 2.20. The van der Waals surface area contributed by atoms with Gasteiger partial charge in [0.05, 0.1) is 52.4 Å². The number of hydrogen-bond donors (Lipinski definition) is 2. The number of rotatable bonds is 17. The molecule has 0 amide bonds. The van der Waals surface area contributed by atoms with Crippen molar-refractivity contribution in [3.8, 4) is 0 Å². The van der Waals surface area contributed by atoms with Gasteiger partial charge in [-0.1, -0.05) is 212 Å². The van der Waals surface area contributed by atoms with Crippen LogP contribution in [0.3, 0.4) is 0 Å². The van der Waals surface area contributed by atoms with Gasteiger partial charge < -0.3 is 39.1 Å². The van der Waals surface area contributed by atoms with Gasteiger partial charge in [0.15, 0.2) is 0 Å². The normalized spacial score (nSPS) is 13.8. The molecule has 2 N–H and O–H groups in total. The first-order chi connectivity index (χ1) is 43.4. The smallest absolute Gasteiger partial charge is 0.148 e. The summed E-state index contributed by atoms with van der Waals surface area (Å²) in [7, 11) is 0. The number of hydrogen-bond acceptors (Lipinski definition) is 9. The van der Waals surface area contributed by atoms with Crippen LogP contribution in [0.2, 0.25) is 0 Å². The van der Waals surface area contributed by atoms with E-state index < -0.39 is 0 Å². The minimum atomic E-state index is -0.106. The van der Waals surface area contributed by atoms with Gasteiger partial charge in [0.1, 0.15) is 6.79 Å². The van der Waals surface area contributed by atoms with Crippen LogP contribution in [0.5, 0.6) is 0 Å². The molecule has 0 aromatic heterocycles. The standard InChI is InChI=1S/C11H24O.C11H24.C11H22.C10H23N.2C10H21N.C10H22O2.C10H22O.C9H20O2/c1-10(2,3)8-7-9-12-11(4,5)6;2*1-10(2,3)8-7-9-11(4,5)6;3*1-9(2,3)7-8-11-10(4,5)6;1-9(2,3)11-7-8-12-10(4,5)6;1-9(2,3)7-8-11-10(4,5)6;1-8(2,3)10-7-11-9(4,5)6/h7-9H2,1-6H3;7-9H2,1-6H3;7-8H,9H2,1-6H3;11H,7-8H2,1-6H3;8H,7H2,1-6H3;7-8,11H,1-6H3;7-8H2,1-6H3;7-8H2,1-6H3;7H2,1-6H3/b;;8-7-;;;8-7-;;;. The summed E-state index contributed by atoms with van der Waals surface area (Å²) in [6.07, 6.45) is 21.9. The fourth-order valence-electron chi connectivity index (χ4n) is 6.59. The van der Waals surface area contributed by atoms with Gasteiger partial charge in [-0.3, -0.25) is 4.99 Å². The summed E-state index contributed by atoms with van der Waals surface area (Å²) in [6.45, 7) is 122. The Bertz CT molecular complexity index is 1640. The molecule has 0 atom stereocenters. The zero-order valence-electron chi connectivity index (χ0n) is 80.4. The molecule has 0 saturated heterocycles. The largest absolute Gasteiger partial charge is 0.387 e. The van der Waals surface area contributed by atoms with E-state index >= 15 is 0 Å². The van der Waals surface area contributed by atoms with Crippen molar-refractivity contribution >= 4 is 6.21 Å². The van der Waals surface area contributed by atoms with Gasteiger partial charge in [0, 0.05) is 24.3 Å². The molecule has 0 bridgehead atoms. The molecular weight excluding hydrogens is 1240 g/mol. The molecule has 0 heterocycles. The van der Waals surface area contributed by atoms with Crippen molar-refractivity contribution in [2.24, 2.45) is 53.7 Å². The van der Waals surface area contributed by atoms with Crippen molar-refractivity contribution in [2.45, 2.75) is 482 Å². The Kier molecular flexibility index (Phi) is 59.8. The molecule has 101 heavy (non-hydrogen) atoms. The van der Waals surface area contributed by atoms with Gasteiger partial charge in [-0.25, -0.2) is 0 Å². The Hall–Kier alpha value is -1.33. The molecule has 0 aliphatic rings. The lowest BCUT2D eigenvalue weighted by Gasteiger charge is -2.24. The van der Waals surface area contributed by atoms with E-state index in [1.807, 2.05) is 95.5 Å². The lowest BCUT2D eigenvalue weighted by molar-refractivity contribution is -0.163. The van der Waals surface area contributed by atoms with Crippen LogP contribution in [0.4, 0.5) is 0 Å². The Morgan fingerprint density at radius 1 is 0.267 bits per heavy atom. The molecule has 0 radical (unpaired) electrons. The molecular formula is C92H199N3O6. The number of nitrogens with zero attached hydrogens (tertiary/aromatic N) is 1. The summed E-state index contributed by atoms with van der Waals surface area (Å²) in [6, 6.07) is 0. The third-order valence-electron chi connectivity index (χ3n) is 12.1. The van der Waals surface area contributed by atoms with Crippen LogP contribution < -0.4 is 10.6 Å². The fraction of sp³-hybridized carbons (Fsp3) is 0.946. The summed E-state index contributed by atoms with van der Waals surface area (Å²) < 4.78 is 33.0. The summed E-state index contributed by atoms with van der Waals surface area (Å²) in [5.41, 5.74) is 4.02. The maximum Gasteiger partial charge on any atom is 0.148 e. The number of aliphatic imine (C=N–C) groups is 1. The highest BCUT2D eigenvalue weighted by Crippen LogP contribution is 2.29. The van der Waals surface area contributed by atoms with E-state index in [4.69, 9.17) is 28.4 Å². The summed E-state index contributed by atoms with van der Waals surface area (Å²) >= 11 is 0. The van der Waals surface area contributed by atoms with E-state index in [0.717, 1.165) is 32.6 Å². The predicted octanol–water partition coefficient (Wildman–Crippen LogP) is 29.4. The lowest BCUT2D eigenvalue weighted by atomic mass is 9.84. The highest BCUT2D eigenvalue weighted by molar-refractivity contribution is 5.58. The lowest BCUT2D eigenvalue weighted by Crippen LogP contribution is -2.37. The molecule has 0 aliphatic heterocycles. The molecule has 0 fully saturated rings. The van der Waals surface area contributed by atoms with Gasteiger partial charge in [-0.15, -0.1) is 0 Å². The van der Waals surface area contributed by atoms with Crippen molar-refractivity contribution in [1.29, 1.82) is 0 Å². The number of ether oxygens (including phenoxy) is 6. The molecule has 0 aromatic rings. The molecule has 9 heteroatoms. The van der Waals surface area contributed by atoms with Gasteiger partial charge in [-0.2, -0.15) is 0 Å². The SMILES string of the molecule is CC(C)(C)/C=C\CC(C)(C)C.CC(C)(C)/C=C\NC(C)(C)C.CC(C)(C)CC=NC(C)(C)C.CC(C)(C)CCCC(C)(C)C.CC(C)(C)CCCOC(C)(C)C.CC(C)(C)CCNC(C)(C)C.CC(C)(C)CCOC(C)(C)C.CC(C)(C)OCCOC(C)(C)C.CC(C)(C)OCOC(C)(C)C. The molecule has 0 unspecified atom stereocenters. The minimum absolute atomic E-state index is 0.0191. The second kappa shape index (κ2) is 51.1. The monoisotopic (exact) mass is 1440 g/mol. The Morgan fingerprint density at radius 2 is 0.554 bits per heavy atom. The Balaban J connectivity index is -0.000000135. The molecule has 0 spiro atoms. The topological polar surface area (TPSA) is 91.8 Å². The van der Waals surface area contributed by atoms with Crippen LogP contribution in [-0.2, 0) is 28.4 Å². The first kappa shape index (κ1) is 118. The van der Waals surface area contributed by atoms with Crippen molar-refractivity contribution in [1.82, 2.24) is 10.6 Å². The Morgan fingerprint density at radius 3 is 0.802 bits per heavy atom. The number of allylic oxidation sites excluding steroid dienone is 3. The first-order valence-electron chi connectivity index (χ1n) is 39.6. The third-order valence-corrected chi connectivity index (χ3v) is 12.1. The molecule has 0 saturated carbocycles. The van der Waals surface area contributed by atoms with Gasteiger partial charge in [-0.05, 0) is 306 Å². The van der Waals surface area contributed by atoms with Crippen LogP contribution in [-0.4, -0.2) is 96.2 Å². The molecule has 618 valence electrons.